The van der Waals surface area contributed by atoms with Crippen molar-refractivity contribution in [1.82, 2.24) is 24.3 Å². The van der Waals surface area contributed by atoms with Crippen LogP contribution in [0.25, 0.3) is 5.69 Å². The summed E-state index contributed by atoms with van der Waals surface area (Å²) in [7, 11) is 0. The third-order valence-electron chi connectivity index (χ3n) is 7.60. The fourth-order valence-electron chi connectivity index (χ4n) is 5.47. The number of likely N-dealkylation sites (tertiary alicyclic amines) is 1. The maximum atomic E-state index is 13.1. The van der Waals surface area contributed by atoms with Gasteiger partial charge in [0, 0.05) is 56.7 Å². The van der Waals surface area contributed by atoms with Crippen molar-refractivity contribution >= 4 is 12.0 Å². The summed E-state index contributed by atoms with van der Waals surface area (Å²) in [6.07, 6.45) is 8.69. The average Bonchev–Trinajstić information content (AvgIpc) is 3.35. The Labute approximate surface area is 195 Å². The summed E-state index contributed by atoms with van der Waals surface area (Å²) in [5.41, 5.74) is 2.54. The number of pyridine rings is 1. The Morgan fingerprint density at radius 1 is 1.06 bits per heavy atom. The Kier molecular flexibility index (Phi) is 6.10. The number of hydrogen-bond donors (Lipinski definition) is 0. The number of carbonyl (C=O) groups excluding carboxylic acids is 2. The van der Waals surface area contributed by atoms with Crippen molar-refractivity contribution in [2.24, 2.45) is 11.3 Å². The zero-order valence-electron chi connectivity index (χ0n) is 19.4. The number of hydrogen-bond acceptors (Lipinski definition) is 5. The molecule has 1 aliphatic carbocycles. The second-order valence-electron chi connectivity index (χ2n) is 9.49. The molecular weight excluding hydrogens is 418 g/mol. The molecule has 0 radical (unpaired) electrons. The zero-order valence-corrected chi connectivity index (χ0v) is 19.4. The summed E-state index contributed by atoms with van der Waals surface area (Å²) in [5, 5.41) is 0. The summed E-state index contributed by atoms with van der Waals surface area (Å²) >= 11 is 0. The number of aromatic nitrogens is 2. The molecule has 3 fully saturated rings. The lowest BCUT2D eigenvalue weighted by molar-refractivity contribution is -0.135. The van der Waals surface area contributed by atoms with Gasteiger partial charge in [0.05, 0.1) is 18.5 Å². The Morgan fingerprint density at radius 3 is 2.52 bits per heavy atom. The van der Waals surface area contributed by atoms with Gasteiger partial charge < -0.3 is 19.1 Å². The van der Waals surface area contributed by atoms with Crippen LogP contribution >= 0.6 is 0 Å². The SMILES string of the molecule is CCOC(=O)N1CCN(C(=O)C2CC23CCN(Cc2cccn2-c2cccnc2)CC3)CC1. The minimum Gasteiger partial charge on any atom is -0.450 e. The van der Waals surface area contributed by atoms with E-state index in [1.165, 1.54) is 5.69 Å². The van der Waals surface area contributed by atoms with Gasteiger partial charge in [-0.05, 0) is 69.0 Å². The van der Waals surface area contributed by atoms with Crippen molar-refractivity contribution in [2.45, 2.75) is 32.7 Å². The fraction of sp³-hybridized carbons (Fsp3) is 0.560. The molecule has 8 heteroatoms. The van der Waals surface area contributed by atoms with E-state index in [0.29, 0.717) is 32.8 Å². The quantitative estimate of drug-likeness (QED) is 0.699. The lowest BCUT2D eigenvalue weighted by atomic mass is 9.90. The van der Waals surface area contributed by atoms with E-state index < -0.39 is 0 Å². The van der Waals surface area contributed by atoms with Crippen LogP contribution in [0.15, 0.2) is 42.9 Å². The molecule has 1 unspecified atom stereocenters. The smallest absolute Gasteiger partial charge is 0.409 e. The Hall–Kier alpha value is -2.87. The van der Waals surface area contributed by atoms with Crippen molar-refractivity contribution in [3.63, 3.8) is 0 Å². The molecule has 3 aliphatic rings. The van der Waals surface area contributed by atoms with Crippen LogP contribution in [-0.4, -0.2) is 82.1 Å². The Morgan fingerprint density at radius 2 is 1.82 bits per heavy atom. The lowest BCUT2D eigenvalue weighted by Crippen LogP contribution is -2.51. The van der Waals surface area contributed by atoms with Gasteiger partial charge in [0.15, 0.2) is 0 Å². The van der Waals surface area contributed by atoms with Gasteiger partial charge in [0.1, 0.15) is 0 Å². The molecule has 4 heterocycles. The second kappa shape index (κ2) is 9.17. The molecular formula is C25H33N5O3. The summed E-state index contributed by atoms with van der Waals surface area (Å²) in [4.78, 5) is 35.5. The molecule has 0 bridgehead atoms. The van der Waals surface area contributed by atoms with Gasteiger partial charge in [-0.1, -0.05) is 0 Å². The molecule has 1 saturated carbocycles. The zero-order chi connectivity index (χ0) is 22.8. The second-order valence-corrected chi connectivity index (χ2v) is 9.49. The number of piperidine rings is 1. The van der Waals surface area contributed by atoms with E-state index in [1.807, 2.05) is 24.1 Å². The number of ether oxygens (including phenoxy) is 1. The molecule has 2 amide bonds. The molecule has 2 aromatic rings. The number of rotatable bonds is 5. The van der Waals surface area contributed by atoms with Crippen LogP contribution in [0.5, 0.6) is 0 Å². The van der Waals surface area contributed by atoms with E-state index in [4.69, 9.17) is 4.74 Å². The highest BCUT2D eigenvalue weighted by Crippen LogP contribution is 2.60. The summed E-state index contributed by atoms with van der Waals surface area (Å²) < 4.78 is 7.29. The van der Waals surface area contributed by atoms with Gasteiger partial charge in [-0.15, -0.1) is 0 Å². The molecule has 2 saturated heterocycles. The van der Waals surface area contributed by atoms with E-state index in [1.54, 1.807) is 11.1 Å². The van der Waals surface area contributed by atoms with E-state index in [-0.39, 0.29) is 23.3 Å². The Balaban J connectivity index is 1.11. The van der Waals surface area contributed by atoms with Gasteiger partial charge >= 0.3 is 6.09 Å². The third-order valence-corrected chi connectivity index (χ3v) is 7.60. The molecule has 33 heavy (non-hydrogen) atoms. The number of amides is 2. The van der Waals surface area contributed by atoms with Crippen molar-refractivity contribution in [3.8, 4) is 5.69 Å². The number of piperazine rings is 1. The molecule has 5 rings (SSSR count). The van der Waals surface area contributed by atoms with E-state index in [0.717, 1.165) is 44.6 Å². The molecule has 2 aliphatic heterocycles. The van der Waals surface area contributed by atoms with Gasteiger partial charge in [-0.2, -0.15) is 0 Å². The molecule has 176 valence electrons. The normalized spacial score (nSPS) is 22.4. The number of nitrogens with zero attached hydrogens (tertiary/aromatic N) is 5. The molecule has 0 N–H and O–H groups in total. The fourth-order valence-corrected chi connectivity index (χ4v) is 5.47. The van der Waals surface area contributed by atoms with Crippen molar-refractivity contribution in [3.05, 3.63) is 48.5 Å². The lowest BCUT2D eigenvalue weighted by Gasteiger charge is -2.36. The monoisotopic (exact) mass is 451 g/mol. The number of carbonyl (C=O) groups is 2. The van der Waals surface area contributed by atoms with Crippen LogP contribution in [0.1, 0.15) is 31.9 Å². The Bertz CT molecular complexity index is 975. The summed E-state index contributed by atoms with van der Waals surface area (Å²) in [5.74, 6) is 0.450. The summed E-state index contributed by atoms with van der Waals surface area (Å²) in [6.45, 7) is 7.51. The predicted octanol–water partition coefficient (Wildman–Crippen LogP) is 2.78. The van der Waals surface area contributed by atoms with Crippen LogP contribution in [0.3, 0.4) is 0 Å². The van der Waals surface area contributed by atoms with E-state index in [2.05, 4.69) is 38.8 Å². The van der Waals surface area contributed by atoms with Gasteiger partial charge in [0.25, 0.3) is 0 Å². The van der Waals surface area contributed by atoms with Gasteiger partial charge in [-0.3, -0.25) is 14.7 Å². The van der Waals surface area contributed by atoms with E-state index >= 15 is 0 Å². The van der Waals surface area contributed by atoms with E-state index in [9.17, 15) is 9.59 Å². The molecule has 2 aromatic heterocycles. The first-order chi connectivity index (χ1) is 16.1. The van der Waals surface area contributed by atoms with Crippen molar-refractivity contribution < 1.29 is 14.3 Å². The minimum absolute atomic E-state index is 0.160. The molecule has 1 atom stereocenters. The van der Waals surface area contributed by atoms with Crippen LogP contribution in [0.4, 0.5) is 4.79 Å². The third kappa shape index (κ3) is 4.49. The van der Waals surface area contributed by atoms with Crippen LogP contribution in [0.2, 0.25) is 0 Å². The predicted molar refractivity (Wildman–Crippen MR) is 124 cm³/mol. The van der Waals surface area contributed by atoms with Gasteiger partial charge in [0.2, 0.25) is 5.91 Å². The van der Waals surface area contributed by atoms with Crippen molar-refractivity contribution in [2.75, 3.05) is 45.9 Å². The maximum absolute atomic E-state index is 13.1. The first-order valence-corrected chi connectivity index (χ1v) is 12.1. The summed E-state index contributed by atoms with van der Waals surface area (Å²) in [6, 6.07) is 8.31. The highest BCUT2D eigenvalue weighted by Gasteiger charge is 2.59. The maximum Gasteiger partial charge on any atom is 0.409 e. The van der Waals surface area contributed by atoms with Crippen LogP contribution < -0.4 is 0 Å². The van der Waals surface area contributed by atoms with Crippen molar-refractivity contribution in [1.29, 1.82) is 0 Å². The van der Waals surface area contributed by atoms with Crippen LogP contribution in [-0.2, 0) is 16.1 Å². The topological polar surface area (TPSA) is 70.9 Å². The molecule has 0 aromatic carbocycles. The van der Waals surface area contributed by atoms with Gasteiger partial charge in [-0.25, -0.2) is 4.79 Å². The molecule has 8 nitrogen and oxygen atoms in total. The average molecular weight is 452 g/mol. The largest absolute Gasteiger partial charge is 0.450 e. The highest BCUT2D eigenvalue weighted by atomic mass is 16.6. The first-order valence-electron chi connectivity index (χ1n) is 12.1. The van der Waals surface area contributed by atoms with Crippen LogP contribution in [0, 0.1) is 11.3 Å². The highest BCUT2D eigenvalue weighted by molar-refractivity contribution is 5.83. The molecule has 1 spiro atoms. The standard InChI is InChI=1S/C25H33N5O3/c1-2-33-24(32)29-15-13-28(14-16-29)23(31)22-17-25(22)7-11-27(12-8-25)19-21-6-4-10-30(21)20-5-3-9-26-18-20/h3-6,9-10,18,22H,2,7-8,11-17,19H2,1H3. The first kappa shape index (κ1) is 21.9. The minimum atomic E-state index is -0.269.